The summed E-state index contributed by atoms with van der Waals surface area (Å²) in [5.41, 5.74) is 4.27. The quantitative estimate of drug-likeness (QED) is 0.878. The fourth-order valence-corrected chi connectivity index (χ4v) is 2.08. The van der Waals surface area contributed by atoms with Gasteiger partial charge in [-0.1, -0.05) is 48.2 Å². The van der Waals surface area contributed by atoms with Gasteiger partial charge in [0.25, 0.3) is 0 Å². The first-order valence-corrected chi connectivity index (χ1v) is 7.15. The normalized spacial score (nSPS) is 9.55. The number of nitrogens with one attached hydrogen (secondary N) is 1. The van der Waals surface area contributed by atoms with Crippen molar-refractivity contribution in [3.05, 3.63) is 70.8 Å². The number of carbonyl (C=O) groups excluding carboxylic acids is 1. The molecule has 0 atom stereocenters. The fraction of sp³-hybridized carbons (Fsp3) is 0.211. The first-order chi connectivity index (χ1) is 10.6. The molecular formula is C19H19NO2. The van der Waals surface area contributed by atoms with Gasteiger partial charge in [-0.15, -0.1) is 0 Å². The Balaban J connectivity index is 1.76. The average molecular weight is 293 g/mol. The van der Waals surface area contributed by atoms with Crippen LogP contribution < -0.4 is 5.32 Å². The third-order valence-electron chi connectivity index (χ3n) is 2.99. The minimum atomic E-state index is -0.460. The van der Waals surface area contributed by atoms with Crippen LogP contribution in [0.4, 0.5) is 4.79 Å². The van der Waals surface area contributed by atoms with Crippen LogP contribution in [0, 0.1) is 25.7 Å². The average Bonchev–Trinajstić information content (AvgIpc) is 2.50. The van der Waals surface area contributed by atoms with Gasteiger partial charge in [0.15, 0.2) is 0 Å². The molecule has 22 heavy (non-hydrogen) atoms. The van der Waals surface area contributed by atoms with Gasteiger partial charge in [0.1, 0.15) is 6.61 Å². The molecule has 3 heteroatoms. The van der Waals surface area contributed by atoms with Crippen LogP contribution in [-0.4, -0.2) is 12.6 Å². The van der Waals surface area contributed by atoms with Gasteiger partial charge >= 0.3 is 6.09 Å². The summed E-state index contributed by atoms with van der Waals surface area (Å²) in [5.74, 6) is 5.96. The van der Waals surface area contributed by atoms with E-state index in [4.69, 9.17) is 4.74 Å². The molecule has 0 aliphatic carbocycles. The predicted molar refractivity (Wildman–Crippen MR) is 87.4 cm³/mol. The summed E-state index contributed by atoms with van der Waals surface area (Å²) in [6.07, 6.45) is -0.460. The number of carbonyl (C=O) groups is 1. The Kier molecular flexibility index (Phi) is 5.62. The van der Waals surface area contributed by atoms with E-state index in [0.29, 0.717) is 0 Å². The molecule has 0 spiro atoms. The van der Waals surface area contributed by atoms with E-state index in [2.05, 4.69) is 23.2 Å². The van der Waals surface area contributed by atoms with Gasteiger partial charge in [-0.25, -0.2) is 4.79 Å². The summed E-state index contributed by atoms with van der Waals surface area (Å²) >= 11 is 0. The molecule has 2 rings (SSSR count). The van der Waals surface area contributed by atoms with Crippen molar-refractivity contribution in [2.24, 2.45) is 0 Å². The van der Waals surface area contributed by atoms with Crippen LogP contribution in [0.2, 0.25) is 0 Å². The number of hydrogen-bond acceptors (Lipinski definition) is 2. The SMILES string of the molecule is Cc1cc(C)cc(C#CCNC(=O)OCc2ccccc2)c1. The molecule has 0 aromatic heterocycles. The maximum Gasteiger partial charge on any atom is 0.408 e. The van der Waals surface area contributed by atoms with E-state index in [9.17, 15) is 4.79 Å². The van der Waals surface area contributed by atoms with E-state index >= 15 is 0 Å². The number of amides is 1. The van der Waals surface area contributed by atoms with Gasteiger partial charge in [0, 0.05) is 5.56 Å². The van der Waals surface area contributed by atoms with E-state index in [1.54, 1.807) is 0 Å². The molecule has 1 N–H and O–H groups in total. The molecule has 0 aliphatic rings. The molecule has 0 saturated carbocycles. The van der Waals surface area contributed by atoms with Crippen molar-refractivity contribution in [1.29, 1.82) is 0 Å². The number of aryl methyl sites for hydroxylation is 2. The molecule has 0 aliphatic heterocycles. The number of hydrogen-bond donors (Lipinski definition) is 1. The van der Waals surface area contributed by atoms with Crippen molar-refractivity contribution >= 4 is 6.09 Å². The van der Waals surface area contributed by atoms with Crippen LogP contribution in [0.1, 0.15) is 22.3 Å². The lowest BCUT2D eigenvalue weighted by Crippen LogP contribution is -2.24. The van der Waals surface area contributed by atoms with Crippen molar-refractivity contribution in [3.8, 4) is 11.8 Å². The van der Waals surface area contributed by atoms with Crippen LogP contribution in [0.5, 0.6) is 0 Å². The third kappa shape index (κ3) is 5.34. The zero-order valence-electron chi connectivity index (χ0n) is 12.8. The molecule has 0 unspecified atom stereocenters. The lowest BCUT2D eigenvalue weighted by Gasteiger charge is -2.04. The van der Waals surface area contributed by atoms with E-state index in [1.807, 2.05) is 56.3 Å². The Bertz CT molecular complexity index is 676. The largest absolute Gasteiger partial charge is 0.445 e. The first-order valence-electron chi connectivity index (χ1n) is 7.15. The summed E-state index contributed by atoms with van der Waals surface area (Å²) in [6, 6.07) is 15.7. The number of alkyl carbamates (subject to hydrolysis) is 1. The maximum atomic E-state index is 11.5. The minimum Gasteiger partial charge on any atom is -0.445 e. The highest BCUT2D eigenvalue weighted by molar-refractivity contribution is 5.67. The summed E-state index contributed by atoms with van der Waals surface area (Å²) < 4.78 is 5.10. The fourth-order valence-electron chi connectivity index (χ4n) is 2.08. The first kappa shape index (κ1) is 15.7. The molecule has 2 aromatic carbocycles. The van der Waals surface area contributed by atoms with E-state index in [0.717, 1.165) is 11.1 Å². The van der Waals surface area contributed by atoms with Gasteiger partial charge in [-0.3, -0.25) is 0 Å². The second-order valence-electron chi connectivity index (χ2n) is 5.09. The van der Waals surface area contributed by atoms with Crippen molar-refractivity contribution in [2.75, 3.05) is 6.54 Å². The van der Waals surface area contributed by atoms with Crippen LogP contribution in [0.15, 0.2) is 48.5 Å². The van der Waals surface area contributed by atoms with E-state index < -0.39 is 6.09 Å². The Morgan fingerprint density at radius 2 is 1.77 bits per heavy atom. The molecule has 0 radical (unpaired) electrons. The van der Waals surface area contributed by atoms with Gasteiger partial charge < -0.3 is 10.1 Å². The van der Waals surface area contributed by atoms with Crippen molar-refractivity contribution in [2.45, 2.75) is 20.5 Å². The lowest BCUT2D eigenvalue weighted by molar-refractivity contribution is 0.141. The molecule has 1 amide bonds. The molecule has 112 valence electrons. The standard InChI is InChI=1S/C19H19NO2/c1-15-11-16(2)13-18(12-15)9-6-10-20-19(21)22-14-17-7-4-3-5-8-17/h3-5,7-8,11-13H,10,14H2,1-2H3,(H,20,21). The summed E-state index contributed by atoms with van der Waals surface area (Å²) in [4.78, 5) is 11.5. The summed E-state index contributed by atoms with van der Waals surface area (Å²) in [5, 5.41) is 2.62. The highest BCUT2D eigenvalue weighted by Gasteiger charge is 2.00. The van der Waals surface area contributed by atoms with Gasteiger partial charge in [-0.05, 0) is 42.7 Å². The van der Waals surface area contributed by atoms with E-state index in [-0.39, 0.29) is 13.2 Å². The number of ether oxygens (including phenoxy) is 1. The molecule has 0 saturated heterocycles. The molecule has 2 aromatic rings. The second-order valence-corrected chi connectivity index (χ2v) is 5.09. The van der Waals surface area contributed by atoms with E-state index in [1.165, 1.54) is 11.1 Å². The monoisotopic (exact) mass is 293 g/mol. The minimum absolute atomic E-state index is 0.261. The smallest absolute Gasteiger partial charge is 0.408 e. The Labute approximate surface area is 131 Å². The molecule has 0 heterocycles. The van der Waals surface area contributed by atoms with Crippen LogP contribution in [0.3, 0.4) is 0 Å². The van der Waals surface area contributed by atoms with Crippen molar-refractivity contribution in [1.82, 2.24) is 5.32 Å². The molecule has 0 bridgehead atoms. The molecule has 0 fully saturated rings. The van der Waals surface area contributed by atoms with Crippen molar-refractivity contribution < 1.29 is 9.53 Å². The summed E-state index contributed by atoms with van der Waals surface area (Å²) in [6.45, 7) is 4.60. The zero-order chi connectivity index (χ0) is 15.8. The van der Waals surface area contributed by atoms with Gasteiger partial charge in [0.05, 0.1) is 6.54 Å². The lowest BCUT2D eigenvalue weighted by atomic mass is 10.1. The van der Waals surface area contributed by atoms with Gasteiger partial charge in [0.2, 0.25) is 0 Å². The topological polar surface area (TPSA) is 38.3 Å². The second kappa shape index (κ2) is 7.90. The van der Waals surface area contributed by atoms with Gasteiger partial charge in [-0.2, -0.15) is 0 Å². The molecule has 3 nitrogen and oxygen atoms in total. The Hall–Kier alpha value is -2.73. The van der Waals surface area contributed by atoms with Crippen LogP contribution >= 0.6 is 0 Å². The maximum absolute atomic E-state index is 11.5. The van der Waals surface area contributed by atoms with Crippen LogP contribution in [0.25, 0.3) is 0 Å². The number of rotatable bonds is 3. The third-order valence-corrected chi connectivity index (χ3v) is 2.99. The Morgan fingerprint density at radius 1 is 1.09 bits per heavy atom. The van der Waals surface area contributed by atoms with Crippen molar-refractivity contribution in [3.63, 3.8) is 0 Å². The number of benzene rings is 2. The summed E-state index contributed by atoms with van der Waals surface area (Å²) in [7, 11) is 0. The molecular weight excluding hydrogens is 274 g/mol. The zero-order valence-corrected chi connectivity index (χ0v) is 12.8. The van der Waals surface area contributed by atoms with Crippen LogP contribution in [-0.2, 0) is 11.3 Å². The highest BCUT2D eigenvalue weighted by atomic mass is 16.5. The Morgan fingerprint density at radius 3 is 2.45 bits per heavy atom. The highest BCUT2D eigenvalue weighted by Crippen LogP contribution is 2.07. The predicted octanol–water partition coefficient (Wildman–Crippen LogP) is 3.58.